The fourth-order valence-corrected chi connectivity index (χ4v) is 13.0. The van der Waals surface area contributed by atoms with Gasteiger partial charge in [-0.3, -0.25) is 18.7 Å². The molecule has 0 bridgehead atoms. The van der Waals surface area contributed by atoms with Gasteiger partial charge in [0.15, 0.2) is 0 Å². The normalized spacial score (nSPS) is 24.1. The van der Waals surface area contributed by atoms with Crippen molar-refractivity contribution in [2.24, 2.45) is 21.7 Å². The van der Waals surface area contributed by atoms with Gasteiger partial charge < -0.3 is 42.5 Å². The summed E-state index contributed by atoms with van der Waals surface area (Å²) in [7, 11) is 3.09. The monoisotopic (exact) mass is 1530 g/mol. The fourth-order valence-electron chi connectivity index (χ4n) is 13.0. The topological polar surface area (TPSA) is 366 Å². The molecule has 580 valence electrons. The maximum absolute atomic E-state index is 13.7. The van der Waals surface area contributed by atoms with Crippen LogP contribution in [0, 0.1) is 67.0 Å². The van der Waals surface area contributed by atoms with Gasteiger partial charge in [-0.1, -0.05) is 0 Å². The lowest BCUT2D eigenvalue weighted by atomic mass is 10.2. The standard InChI is InChI=1S/2C18H20F3N7.2C18H21F2N7/c2*1-3-23-15-11(18(19,20)21)7-24-16(26-15)25-12-8-28(13-6-17(13,2)9-22)27-14(12)10-4-5-10;2*1-17(9-21)6-13(17)27-8-12(14(26-27)10-4-5-10)24-16-23-7-11(18(2,19)20)15(22-3)25-16/h2*7-8,10,13H,3-6H2,1-2H3,(H2,23,24,25,26);2*7-8,10,13H,4-6H2,1-3H3,(H2,22,23,24,25)/t4*13?,17-/m1010/s1. The zero-order chi connectivity index (χ0) is 79.0. The van der Waals surface area contributed by atoms with Crippen molar-refractivity contribution in [2.45, 2.75) is 204 Å². The largest absolute Gasteiger partial charge is 0.421 e. The zero-order valence-electron chi connectivity index (χ0n) is 61.9. The van der Waals surface area contributed by atoms with Crippen molar-refractivity contribution in [3.63, 3.8) is 0 Å². The average Bonchev–Trinajstić information content (AvgIpc) is 1.60. The highest BCUT2D eigenvalue weighted by atomic mass is 19.4. The van der Waals surface area contributed by atoms with Crippen molar-refractivity contribution in [1.82, 2.24) is 79.0 Å². The lowest BCUT2D eigenvalue weighted by molar-refractivity contribution is -0.138. The van der Waals surface area contributed by atoms with Crippen molar-refractivity contribution in [3.8, 4) is 24.3 Å². The summed E-state index contributed by atoms with van der Waals surface area (Å²) < 4.78 is 141. The molecule has 28 nitrogen and oxygen atoms in total. The van der Waals surface area contributed by atoms with E-state index in [2.05, 4.69) is 127 Å². The molecule has 8 aliphatic carbocycles. The van der Waals surface area contributed by atoms with E-state index >= 15 is 0 Å². The molecule has 8 aliphatic rings. The van der Waals surface area contributed by atoms with Crippen LogP contribution in [-0.2, 0) is 24.2 Å². The highest BCUT2D eigenvalue weighted by Gasteiger charge is 2.57. The van der Waals surface area contributed by atoms with Crippen molar-refractivity contribution in [3.05, 3.63) is 94.6 Å². The second kappa shape index (κ2) is 28.7. The molecule has 8 aromatic heterocycles. The molecule has 0 aliphatic heterocycles. The molecule has 110 heavy (non-hydrogen) atoms. The Morgan fingerprint density at radius 3 is 0.800 bits per heavy atom. The number of halogens is 10. The lowest BCUT2D eigenvalue weighted by Gasteiger charge is -2.15. The van der Waals surface area contributed by atoms with Crippen LogP contribution in [0.4, 0.5) is 114 Å². The predicted octanol–water partition coefficient (Wildman–Crippen LogP) is 16.3. The second-order valence-electron chi connectivity index (χ2n) is 30.4. The summed E-state index contributed by atoms with van der Waals surface area (Å²) in [6, 6.07) is 9.43. The van der Waals surface area contributed by atoms with E-state index in [1.54, 1.807) is 49.7 Å². The minimum absolute atomic E-state index is 0.0105. The molecule has 8 fully saturated rings. The van der Waals surface area contributed by atoms with Crippen molar-refractivity contribution >= 4 is 69.8 Å². The van der Waals surface area contributed by atoms with Crippen LogP contribution >= 0.6 is 0 Å². The molecule has 8 atom stereocenters. The molecule has 0 amide bonds. The molecule has 0 radical (unpaired) electrons. The fraction of sp³-hybridized carbons (Fsp3) is 0.556. The second-order valence-corrected chi connectivity index (χ2v) is 30.4. The maximum Gasteiger partial charge on any atom is 0.421 e. The van der Waals surface area contributed by atoms with Crippen LogP contribution in [0.15, 0.2) is 49.6 Å². The molecule has 4 unspecified atom stereocenters. The van der Waals surface area contributed by atoms with E-state index in [1.165, 1.54) is 0 Å². The van der Waals surface area contributed by atoms with E-state index in [9.17, 15) is 65.0 Å². The van der Waals surface area contributed by atoms with Gasteiger partial charge in [-0.05, 0) is 119 Å². The summed E-state index contributed by atoms with van der Waals surface area (Å²) in [4.78, 5) is 32.2. The van der Waals surface area contributed by atoms with Crippen LogP contribution in [0.5, 0.6) is 0 Å². The van der Waals surface area contributed by atoms with E-state index in [-0.39, 0.29) is 93.2 Å². The minimum Gasteiger partial charge on any atom is -0.373 e. The number of hydrogen-bond acceptors (Lipinski definition) is 24. The molecule has 38 heteroatoms. The molecule has 0 saturated heterocycles. The number of anilines is 12. The average molecular weight is 1530 g/mol. The summed E-state index contributed by atoms with van der Waals surface area (Å²) in [5.41, 5.74) is 2.50. The lowest BCUT2D eigenvalue weighted by Crippen LogP contribution is -2.14. The Morgan fingerprint density at radius 1 is 0.391 bits per heavy atom. The first-order valence-corrected chi connectivity index (χ1v) is 36.3. The highest BCUT2D eigenvalue weighted by molar-refractivity contribution is 5.64. The third kappa shape index (κ3) is 16.7. The van der Waals surface area contributed by atoms with Gasteiger partial charge in [0.05, 0.1) is 127 Å². The summed E-state index contributed by atoms with van der Waals surface area (Å²) in [5, 5.41) is 78.8. The zero-order valence-corrected chi connectivity index (χ0v) is 61.9. The van der Waals surface area contributed by atoms with Crippen LogP contribution in [0.2, 0.25) is 0 Å². The smallest absolute Gasteiger partial charge is 0.373 e. The van der Waals surface area contributed by atoms with E-state index in [1.807, 2.05) is 49.5 Å². The Hall–Kier alpha value is -11.2. The quantitative estimate of drug-likeness (QED) is 0.0260. The van der Waals surface area contributed by atoms with Gasteiger partial charge in [0.1, 0.15) is 34.4 Å². The van der Waals surface area contributed by atoms with Gasteiger partial charge in [-0.2, -0.15) is 87.7 Å². The van der Waals surface area contributed by atoms with Gasteiger partial charge >= 0.3 is 12.4 Å². The van der Waals surface area contributed by atoms with Crippen LogP contribution in [0.25, 0.3) is 0 Å². The van der Waals surface area contributed by atoms with E-state index in [0.29, 0.717) is 48.1 Å². The first-order valence-electron chi connectivity index (χ1n) is 36.3. The van der Waals surface area contributed by atoms with Crippen molar-refractivity contribution < 1.29 is 43.9 Å². The number of nitrogens with zero attached hydrogens (tertiary/aromatic N) is 20. The van der Waals surface area contributed by atoms with Gasteiger partial charge in [-0.25, -0.2) is 37.5 Å². The first-order chi connectivity index (χ1) is 52.0. The molecule has 0 spiro atoms. The third-order valence-corrected chi connectivity index (χ3v) is 20.8. The molecule has 16 rings (SSSR count). The Kier molecular flexibility index (Phi) is 20.1. The van der Waals surface area contributed by atoms with Gasteiger partial charge in [0.25, 0.3) is 11.8 Å². The summed E-state index contributed by atoms with van der Waals surface area (Å²) in [6.45, 7) is 13.3. The third-order valence-electron chi connectivity index (χ3n) is 20.8. The number of nitriles is 4. The van der Waals surface area contributed by atoms with Gasteiger partial charge in [0.2, 0.25) is 23.8 Å². The van der Waals surface area contributed by atoms with E-state index in [4.69, 9.17) is 0 Å². The van der Waals surface area contributed by atoms with Crippen LogP contribution in [-0.4, -0.2) is 106 Å². The summed E-state index contributed by atoms with van der Waals surface area (Å²) >= 11 is 0. The Labute approximate surface area is 626 Å². The SMILES string of the molecule is CCNc1nc(Nc2cn(C3C[C@@]3(C)C#N)nc2C2CC2)ncc1C(F)(F)F.CCNc1nc(Nc2cn(C3C[C@]3(C)C#N)nc2C2CC2)ncc1C(F)(F)F.CNc1nc(Nc2cn(C3C[C@@]3(C)C#N)nc2C2CC2)ncc1C(C)(F)F.CNc1nc(Nc2cn(C3C[C@]3(C)C#N)nc2C2CC2)ncc1C(C)(F)F. The Morgan fingerprint density at radius 2 is 0.618 bits per heavy atom. The van der Waals surface area contributed by atoms with Crippen LogP contribution in [0.3, 0.4) is 0 Å². The first kappa shape index (κ1) is 77.0. The van der Waals surface area contributed by atoms with E-state index < -0.39 is 46.2 Å². The molecule has 0 aromatic carbocycles. The Balaban J connectivity index is 0.000000129. The van der Waals surface area contributed by atoms with Crippen molar-refractivity contribution in [1.29, 1.82) is 21.0 Å². The van der Waals surface area contributed by atoms with Crippen molar-refractivity contribution in [2.75, 3.05) is 69.7 Å². The number of alkyl halides is 10. The van der Waals surface area contributed by atoms with Crippen LogP contribution in [0.1, 0.15) is 225 Å². The molecular weight excluding hydrogens is 1450 g/mol. The molecule has 8 N–H and O–H groups in total. The number of hydrogen-bond donors (Lipinski definition) is 8. The van der Waals surface area contributed by atoms with Gasteiger partial charge in [0, 0.05) is 114 Å². The molecule has 8 aromatic rings. The molecule has 8 heterocycles. The Bertz CT molecular complexity index is 4650. The number of rotatable bonds is 24. The number of aromatic nitrogens is 16. The summed E-state index contributed by atoms with van der Waals surface area (Å²) in [5.74, 6) is -4.42. The summed E-state index contributed by atoms with van der Waals surface area (Å²) in [6.07, 6.45) is 13.4. The highest BCUT2D eigenvalue weighted by Crippen LogP contribution is 2.60. The molecular formula is C72H82F10N28. The van der Waals surface area contributed by atoms with Gasteiger partial charge in [-0.15, -0.1) is 0 Å². The maximum atomic E-state index is 13.7. The minimum atomic E-state index is -4.53. The van der Waals surface area contributed by atoms with Crippen LogP contribution < -0.4 is 42.5 Å². The number of nitrogens with one attached hydrogen (secondary N) is 8. The predicted molar refractivity (Wildman–Crippen MR) is 384 cm³/mol. The molecule has 8 saturated carbocycles. The van der Waals surface area contributed by atoms with E-state index in [0.717, 1.165) is 150 Å².